The fourth-order valence-electron chi connectivity index (χ4n) is 2.80. The summed E-state index contributed by atoms with van der Waals surface area (Å²) in [5.74, 6) is 0.726. The Kier molecular flexibility index (Phi) is 4.52. The van der Waals surface area contributed by atoms with Crippen molar-refractivity contribution >= 4 is 11.7 Å². The molecule has 0 aromatic carbocycles. The van der Waals surface area contributed by atoms with Gasteiger partial charge in [0, 0.05) is 38.7 Å². The average molecular weight is 293 g/mol. The molecule has 1 aromatic heterocycles. The molecule has 0 atom stereocenters. The van der Waals surface area contributed by atoms with Gasteiger partial charge in [-0.15, -0.1) is 0 Å². The van der Waals surface area contributed by atoms with Crippen LogP contribution in [0.15, 0.2) is 4.42 Å². The average Bonchev–Trinajstić information content (AvgIpc) is 2.70. The van der Waals surface area contributed by atoms with Gasteiger partial charge in [-0.1, -0.05) is 13.8 Å². The Hall–Kier alpha value is -1.62. The van der Waals surface area contributed by atoms with E-state index in [0.717, 1.165) is 6.42 Å². The second-order valence-corrected chi connectivity index (χ2v) is 6.40. The molecule has 2 rings (SSSR count). The summed E-state index contributed by atoms with van der Waals surface area (Å²) in [6.45, 7) is 6.98. The number of fused-ring (bicyclic) bond motifs is 1. The normalized spacial score (nSPS) is 16.7. The molecular weight excluding hydrogens is 270 g/mol. The van der Waals surface area contributed by atoms with E-state index in [1.54, 1.807) is 14.0 Å². The maximum atomic E-state index is 12.2. The zero-order chi connectivity index (χ0) is 15.6. The number of nitrogens with one attached hydrogen (secondary N) is 1. The lowest BCUT2D eigenvalue weighted by atomic mass is 9.76. The monoisotopic (exact) mass is 293 g/mol. The summed E-state index contributed by atoms with van der Waals surface area (Å²) in [5, 5.41) is 2.80. The van der Waals surface area contributed by atoms with Crippen LogP contribution in [0.25, 0.3) is 0 Å². The fraction of sp³-hybridized carbons (Fsp3) is 0.625. The second-order valence-electron chi connectivity index (χ2n) is 6.40. The summed E-state index contributed by atoms with van der Waals surface area (Å²) in [5.41, 5.74) is 1.16. The molecule has 0 unspecified atom stereocenters. The van der Waals surface area contributed by atoms with E-state index >= 15 is 0 Å². The van der Waals surface area contributed by atoms with E-state index in [1.807, 2.05) is 13.8 Å². The van der Waals surface area contributed by atoms with Crippen LogP contribution in [-0.2, 0) is 11.2 Å². The van der Waals surface area contributed by atoms with Crippen molar-refractivity contribution in [3.63, 3.8) is 0 Å². The topological polar surface area (TPSA) is 68.5 Å². The molecule has 1 aliphatic rings. The summed E-state index contributed by atoms with van der Waals surface area (Å²) in [4.78, 5) is 24.4. The molecular formula is C16H23NO4. The molecule has 5 nitrogen and oxygen atoms in total. The standard InChI is InChI=1S/C16H23NO4/c1-10-13-11(18)8-16(2,3)9-12(13)21-14(10)15(19)17-6-5-7-20-4/h5-9H2,1-4H3,(H,17,19). The smallest absolute Gasteiger partial charge is 0.287 e. The van der Waals surface area contributed by atoms with Gasteiger partial charge in [-0.3, -0.25) is 9.59 Å². The van der Waals surface area contributed by atoms with Crippen LogP contribution in [-0.4, -0.2) is 32.0 Å². The number of methoxy groups -OCH3 is 1. The third-order valence-electron chi connectivity index (χ3n) is 3.79. The Labute approximate surface area is 125 Å². The van der Waals surface area contributed by atoms with E-state index in [2.05, 4.69) is 5.32 Å². The van der Waals surface area contributed by atoms with Crippen molar-refractivity contribution in [1.82, 2.24) is 5.32 Å². The van der Waals surface area contributed by atoms with Gasteiger partial charge in [0.1, 0.15) is 5.76 Å². The summed E-state index contributed by atoms with van der Waals surface area (Å²) >= 11 is 0. The van der Waals surface area contributed by atoms with Gasteiger partial charge in [-0.05, 0) is 18.8 Å². The zero-order valence-corrected chi connectivity index (χ0v) is 13.2. The van der Waals surface area contributed by atoms with Crippen LogP contribution in [0.5, 0.6) is 0 Å². The summed E-state index contributed by atoms with van der Waals surface area (Å²) < 4.78 is 10.6. The molecule has 0 saturated carbocycles. The lowest BCUT2D eigenvalue weighted by Gasteiger charge is -2.27. The van der Waals surface area contributed by atoms with E-state index in [0.29, 0.717) is 42.9 Å². The Morgan fingerprint density at radius 3 is 2.76 bits per heavy atom. The molecule has 1 aromatic rings. The van der Waals surface area contributed by atoms with E-state index in [9.17, 15) is 9.59 Å². The molecule has 1 heterocycles. The number of ether oxygens (including phenoxy) is 1. The van der Waals surface area contributed by atoms with E-state index in [1.165, 1.54) is 0 Å². The van der Waals surface area contributed by atoms with Crippen molar-refractivity contribution in [2.24, 2.45) is 5.41 Å². The summed E-state index contributed by atoms with van der Waals surface area (Å²) in [6, 6.07) is 0. The first-order chi connectivity index (χ1) is 9.85. The largest absolute Gasteiger partial charge is 0.455 e. The van der Waals surface area contributed by atoms with Crippen LogP contribution in [0.2, 0.25) is 0 Å². The van der Waals surface area contributed by atoms with Crippen LogP contribution in [0.3, 0.4) is 0 Å². The lowest BCUT2D eigenvalue weighted by Crippen LogP contribution is -2.26. The van der Waals surface area contributed by atoms with Gasteiger partial charge in [0.25, 0.3) is 5.91 Å². The van der Waals surface area contributed by atoms with Crippen molar-refractivity contribution in [3.05, 3.63) is 22.6 Å². The molecule has 0 aliphatic heterocycles. The first-order valence-corrected chi connectivity index (χ1v) is 7.28. The number of hydrogen-bond donors (Lipinski definition) is 1. The van der Waals surface area contributed by atoms with Crippen molar-refractivity contribution in [1.29, 1.82) is 0 Å². The second kappa shape index (κ2) is 6.02. The Morgan fingerprint density at radius 2 is 2.10 bits per heavy atom. The Balaban J connectivity index is 2.16. The molecule has 0 radical (unpaired) electrons. The highest BCUT2D eigenvalue weighted by Gasteiger charge is 2.36. The van der Waals surface area contributed by atoms with Gasteiger partial charge >= 0.3 is 0 Å². The number of carbonyl (C=O) groups is 2. The highest BCUT2D eigenvalue weighted by molar-refractivity contribution is 6.03. The van der Waals surface area contributed by atoms with Crippen molar-refractivity contribution in [2.75, 3.05) is 20.3 Å². The van der Waals surface area contributed by atoms with E-state index in [-0.39, 0.29) is 22.9 Å². The predicted molar refractivity (Wildman–Crippen MR) is 78.7 cm³/mol. The molecule has 0 fully saturated rings. The van der Waals surface area contributed by atoms with Crippen molar-refractivity contribution in [3.8, 4) is 0 Å². The van der Waals surface area contributed by atoms with Crippen molar-refractivity contribution in [2.45, 2.75) is 40.0 Å². The van der Waals surface area contributed by atoms with Crippen LogP contribution < -0.4 is 5.32 Å². The lowest BCUT2D eigenvalue weighted by molar-refractivity contribution is 0.0887. The van der Waals surface area contributed by atoms with Gasteiger partial charge in [0.05, 0.1) is 5.56 Å². The first kappa shape index (κ1) is 15.8. The van der Waals surface area contributed by atoms with E-state index < -0.39 is 0 Å². The highest BCUT2D eigenvalue weighted by Crippen LogP contribution is 2.38. The molecule has 21 heavy (non-hydrogen) atoms. The SMILES string of the molecule is COCCCNC(=O)c1oc2c(c1C)C(=O)CC(C)(C)C2. The van der Waals surface area contributed by atoms with Gasteiger partial charge in [0.15, 0.2) is 11.5 Å². The highest BCUT2D eigenvalue weighted by atomic mass is 16.5. The number of carbonyl (C=O) groups excluding carboxylic acids is 2. The van der Waals surface area contributed by atoms with E-state index in [4.69, 9.17) is 9.15 Å². The Morgan fingerprint density at radius 1 is 1.38 bits per heavy atom. The quantitative estimate of drug-likeness (QED) is 0.847. The molecule has 5 heteroatoms. The summed E-state index contributed by atoms with van der Waals surface area (Å²) in [6.07, 6.45) is 1.93. The van der Waals surface area contributed by atoms with Crippen LogP contribution in [0.1, 0.15) is 58.9 Å². The van der Waals surface area contributed by atoms with Gasteiger partial charge < -0.3 is 14.5 Å². The molecule has 0 saturated heterocycles. The van der Waals surface area contributed by atoms with Crippen LogP contribution in [0.4, 0.5) is 0 Å². The van der Waals surface area contributed by atoms with Gasteiger partial charge in [-0.2, -0.15) is 0 Å². The number of furan rings is 1. The number of Topliss-reactive ketones (excluding diaryl/α,β-unsaturated/α-hetero) is 1. The molecule has 116 valence electrons. The first-order valence-electron chi connectivity index (χ1n) is 7.28. The van der Waals surface area contributed by atoms with Gasteiger partial charge in [0.2, 0.25) is 0 Å². The van der Waals surface area contributed by atoms with Crippen molar-refractivity contribution < 1.29 is 18.7 Å². The number of amides is 1. The van der Waals surface area contributed by atoms with Crippen LogP contribution in [0, 0.1) is 12.3 Å². The van der Waals surface area contributed by atoms with Gasteiger partial charge in [-0.25, -0.2) is 0 Å². The molecule has 0 bridgehead atoms. The fourth-order valence-corrected chi connectivity index (χ4v) is 2.80. The molecule has 1 aliphatic carbocycles. The minimum absolute atomic E-state index is 0.0703. The maximum Gasteiger partial charge on any atom is 0.287 e. The molecule has 1 amide bonds. The third-order valence-corrected chi connectivity index (χ3v) is 3.79. The molecule has 1 N–H and O–H groups in total. The predicted octanol–water partition coefficient (Wildman–Crippen LogP) is 2.51. The minimum atomic E-state index is -0.261. The number of hydrogen-bond acceptors (Lipinski definition) is 4. The minimum Gasteiger partial charge on any atom is -0.455 e. The third kappa shape index (κ3) is 3.35. The summed E-state index contributed by atoms with van der Waals surface area (Å²) in [7, 11) is 1.62. The number of ketones is 1. The molecule has 0 spiro atoms. The van der Waals surface area contributed by atoms with Crippen LogP contribution >= 0.6 is 0 Å². The zero-order valence-electron chi connectivity index (χ0n) is 13.2. The maximum absolute atomic E-state index is 12.2. The number of rotatable bonds is 5. The Bertz CT molecular complexity index is 557.